The van der Waals surface area contributed by atoms with E-state index in [1.54, 1.807) is 0 Å². The van der Waals surface area contributed by atoms with Crippen molar-refractivity contribution in [2.75, 3.05) is 13.1 Å². The van der Waals surface area contributed by atoms with E-state index in [0.717, 1.165) is 25.9 Å². The van der Waals surface area contributed by atoms with Gasteiger partial charge in [0.2, 0.25) is 5.91 Å². The van der Waals surface area contributed by atoms with Gasteiger partial charge in [-0.1, -0.05) is 29.8 Å². The lowest BCUT2D eigenvalue weighted by atomic mass is 9.99. The number of hydrogen-bond acceptors (Lipinski definition) is 2. The Morgan fingerprint density at radius 3 is 3.00 bits per heavy atom. The van der Waals surface area contributed by atoms with Crippen LogP contribution >= 0.6 is 12.4 Å². The number of hydrogen-bond donors (Lipinski definition) is 2. The maximum Gasteiger partial charge on any atom is 0.224 e. The van der Waals surface area contributed by atoms with Gasteiger partial charge in [-0.15, -0.1) is 12.4 Å². The van der Waals surface area contributed by atoms with Gasteiger partial charge in [-0.2, -0.15) is 0 Å². The Kier molecular flexibility index (Phi) is 6.16. The van der Waals surface area contributed by atoms with Gasteiger partial charge in [0.15, 0.2) is 0 Å². The number of aryl methyl sites for hydroxylation is 1. The van der Waals surface area contributed by atoms with E-state index in [1.807, 2.05) is 12.1 Å². The summed E-state index contributed by atoms with van der Waals surface area (Å²) in [7, 11) is 0. The van der Waals surface area contributed by atoms with Gasteiger partial charge in [-0.05, 0) is 31.9 Å². The quantitative estimate of drug-likeness (QED) is 0.881. The highest BCUT2D eigenvalue weighted by molar-refractivity contribution is 5.85. The Balaban J connectivity index is 0.00000162. The largest absolute Gasteiger partial charge is 0.352 e. The summed E-state index contributed by atoms with van der Waals surface area (Å²) in [4.78, 5) is 11.9. The highest BCUT2D eigenvalue weighted by Crippen LogP contribution is 2.10. The van der Waals surface area contributed by atoms with Crippen LogP contribution in [0.15, 0.2) is 24.3 Å². The molecule has 0 radical (unpaired) electrons. The first-order valence-electron chi connectivity index (χ1n) is 6.29. The highest BCUT2D eigenvalue weighted by Gasteiger charge is 2.20. The number of halogens is 1. The van der Waals surface area contributed by atoms with E-state index in [2.05, 4.69) is 29.7 Å². The summed E-state index contributed by atoms with van der Waals surface area (Å²) < 4.78 is 0. The molecule has 0 saturated carbocycles. The Labute approximate surface area is 115 Å². The fourth-order valence-electron chi connectivity index (χ4n) is 2.23. The predicted molar refractivity (Wildman–Crippen MR) is 75.9 cm³/mol. The number of amides is 1. The monoisotopic (exact) mass is 268 g/mol. The molecule has 0 aliphatic carbocycles. The fourth-order valence-corrected chi connectivity index (χ4v) is 2.23. The molecule has 18 heavy (non-hydrogen) atoms. The number of piperidine rings is 1. The molecule has 1 aromatic rings. The van der Waals surface area contributed by atoms with E-state index in [0.29, 0.717) is 6.54 Å². The van der Waals surface area contributed by atoms with E-state index < -0.39 is 0 Å². The first kappa shape index (κ1) is 15.0. The standard InChI is InChI=1S/C14H20N2O.ClH/c1-11-4-2-5-12(8-11)9-16-14(17)13-6-3-7-15-10-13;/h2,4-5,8,13,15H,3,6-7,9-10H2,1H3,(H,16,17);1H. The van der Waals surface area contributed by atoms with Gasteiger partial charge < -0.3 is 10.6 Å². The van der Waals surface area contributed by atoms with Crippen LogP contribution in [0.1, 0.15) is 24.0 Å². The molecule has 100 valence electrons. The van der Waals surface area contributed by atoms with Gasteiger partial charge in [0.1, 0.15) is 0 Å². The van der Waals surface area contributed by atoms with Gasteiger partial charge in [0.05, 0.1) is 5.92 Å². The molecule has 1 aromatic carbocycles. The van der Waals surface area contributed by atoms with Crippen LogP contribution in [-0.2, 0) is 11.3 Å². The van der Waals surface area contributed by atoms with Crippen molar-refractivity contribution in [1.29, 1.82) is 0 Å². The minimum Gasteiger partial charge on any atom is -0.352 e. The molecule has 2 rings (SSSR count). The van der Waals surface area contributed by atoms with Crippen LogP contribution in [0.25, 0.3) is 0 Å². The van der Waals surface area contributed by atoms with Gasteiger partial charge in [-0.25, -0.2) is 0 Å². The summed E-state index contributed by atoms with van der Waals surface area (Å²) in [5.74, 6) is 0.326. The minimum atomic E-state index is 0. The summed E-state index contributed by atoms with van der Waals surface area (Å²) in [5, 5.41) is 6.28. The fraction of sp³-hybridized carbons (Fsp3) is 0.500. The van der Waals surface area contributed by atoms with Crippen molar-refractivity contribution in [3.63, 3.8) is 0 Å². The molecule has 0 spiro atoms. The first-order valence-corrected chi connectivity index (χ1v) is 6.29. The molecule has 4 heteroatoms. The first-order chi connectivity index (χ1) is 8.25. The molecular formula is C14H21ClN2O. The number of benzene rings is 1. The van der Waals surface area contributed by atoms with Crippen LogP contribution in [0, 0.1) is 12.8 Å². The summed E-state index contributed by atoms with van der Waals surface area (Å²) in [6.45, 7) is 4.56. The summed E-state index contributed by atoms with van der Waals surface area (Å²) in [6.07, 6.45) is 2.11. The minimum absolute atomic E-state index is 0. The zero-order chi connectivity index (χ0) is 12.1. The SMILES string of the molecule is Cc1cccc(CNC(=O)C2CCCNC2)c1.Cl. The molecule has 3 nitrogen and oxygen atoms in total. The Morgan fingerprint density at radius 1 is 1.50 bits per heavy atom. The summed E-state index contributed by atoms with van der Waals surface area (Å²) in [6, 6.07) is 8.25. The van der Waals surface area contributed by atoms with Gasteiger partial charge in [0, 0.05) is 13.1 Å². The van der Waals surface area contributed by atoms with Crippen molar-refractivity contribution in [3.05, 3.63) is 35.4 Å². The van der Waals surface area contributed by atoms with Crippen molar-refractivity contribution in [3.8, 4) is 0 Å². The lowest BCUT2D eigenvalue weighted by Gasteiger charge is -2.21. The zero-order valence-electron chi connectivity index (χ0n) is 10.7. The molecule has 1 amide bonds. The van der Waals surface area contributed by atoms with Crippen LogP contribution < -0.4 is 10.6 Å². The van der Waals surface area contributed by atoms with Crippen molar-refractivity contribution in [1.82, 2.24) is 10.6 Å². The van der Waals surface area contributed by atoms with Crippen molar-refractivity contribution < 1.29 is 4.79 Å². The van der Waals surface area contributed by atoms with E-state index in [4.69, 9.17) is 0 Å². The Hall–Kier alpha value is -1.06. The molecule has 0 aromatic heterocycles. The molecule has 1 aliphatic rings. The molecule has 0 bridgehead atoms. The number of rotatable bonds is 3. The molecule has 1 heterocycles. The molecule has 1 saturated heterocycles. The molecular weight excluding hydrogens is 248 g/mol. The van der Waals surface area contributed by atoms with Crippen LogP contribution in [0.4, 0.5) is 0 Å². The van der Waals surface area contributed by atoms with Crippen LogP contribution in [0.2, 0.25) is 0 Å². The third-order valence-corrected chi connectivity index (χ3v) is 3.22. The Morgan fingerprint density at radius 2 is 2.33 bits per heavy atom. The second kappa shape index (κ2) is 7.39. The van der Waals surface area contributed by atoms with Gasteiger partial charge in [-0.3, -0.25) is 4.79 Å². The van der Waals surface area contributed by atoms with Crippen molar-refractivity contribution in [2.24, 2.45) is 5.92 Å². The van der Waals surface area contributed by atoms with Crippen LogP contribution in [0.3, 0.4) is 0 Å². The van der Waals surface area contributed by atoms with Gasteiger partial charge >= 0.3 is 0 Å². The van der Waals surface area contributed by atoms with Crippen molar-refractivity contribution in [2.45, 2.75) is 26.3 Å². The topological polar surface area (TPSA) is 41.1 Å². The van der Waals surface area contributed by atoms with Crippen LogP contribution in [0.5, 0.6) is 0 Å². The third-order valence-electron chi connectivity index (χ3n) is 3.22. The lowest BCUT2D eigenvalue weighted by molar-refractivity contribution is -0.125. The van der Waals surface area contributed by atoms with Crippen LogP contribution in [-0.4, -0.2) is 19.0 Å². The molecule has 1 unspecified atom stereocenters. The second-order valence-corrected chi connectivity index (χ2v) is 4.75. The van der Waals surface area contributed by atoms with E-state index in [-0.39, 0.29) is 24.2 Å². The summed E-state index contributed by atoms with van der Waals surface area (Å²) >= 11 is 0. The highest BCUT2D eigenvalue weighted by atomic mass is 35.5. The average molecular weight is 269 g/mol. The second-order valence-electron chi connectivity index (χ2n) is 4.75. The summed E-state index contributed by atoms with van der Waals surface area (Å²) in [5.41, 5.74) is 2.40. The normalized spacial score (nSPS) is 18.8. The van der Waals surface area contributed by atoms with E-state index in [9.17, 15) is 4.79 Å². The molecule has 1 fully saturated rings. The zero-order valence-corrected chi connectivity index (χ0v) is 11.6. The lowest BCUT2D eigenvalue weighted by Crippen LogP contribution is -2.40. The Bertz CT molecular complexity index is 389. The number of carbonyl (C=O) groups excluding carboxylic acids is 1. The number of nitrogens with one attached hydrogen (secondary N) is 2. The van der Waals surface area contributed by atoms with Gasteiger partial charge in [0.25, 0.3) is 0 Å². The van der Waals surface area contributed by atoms with Crippen molar-refractivity contribution >= 4 is 18.3 Å². The average Bonchev–Trinajstić information content (AvgIpc) is 2.37. The smallest absolute Gasteiger partial charge is 0.224 e. The maximum atomic E-state index is 11.9. The maximum absolute atomic E-state index is 11.9. The third kappa shape index (κ3) is 4.31. The van der Waals surface area contributed by atoms with E-state index in [1.165, 1.54) is 11.1 Å². The predicted octanol–water partition coefficient (Wildman–Crippen LogP) is 2.03. The molecule has 1 atom stereocenters. The molecule has 2 N–H and O–H groups in total. The number of carbonyl (C=O) groups is 1. The molecule has 1 aliphatic heterocycles. The van der Waals surface area contributed by atoms with E-state index >= 15 is 0 Å².